The van der Waals surface area contributed by atoms with Gasteiger partial charge in [-0.15, -0.1) is 0 Å². The Bertz CT molecular complexity index is 145. The zero-order valence-corrected chi connectivity index (χ0v) is 14.9. The molecule has 0 amide bonds. The lowest BCUT2D eigenvalue weighted by Gasteiger charge is -2.16. The van der Waals surface area contributed by atoms with Crippen LogP contribution in [-0.4, -0.2) is 0 Å². The molecule has 2 atom stereocenters. The highest BCUT2D eigenvalue weighted by molar-refractivity contribution is 4.59. The van der Waals surface area contributed by atoms with Crippen molar-refractivity contribution >= 4 is 0 Å². The van der Waals surface area contributed by atoms with Gasteiger partial charge in [0.25, 0.3) is 0 Å². The zero-order valence-electron chi connectivity index (χ0n) is 14.9. The SMILES string of the molecule is CC(C)C[C@@H](C)C(C)C.CC(C)C[C@H](C)C(C)C. The molecule has 0 aliphatic carbocycles. The van der Waals surface area contributed by atoms with Crippen molar-refractivity contribution in [3.8, 4) is 0 Å². The highest BCUT2D eigenvalue weighted by Crippen LogP contribution is 2.19. The van der Waals surface area contributed by atoms with Crippen LogP contribution in [-0.2, 0) is 0 Å². The molecule has 0 rings (SSSR count). The summed E-state index contributed by atoms with van der Waals surface area (Å²) < 4.78 is 0. The van der Waals surface area contributed by atoms with E-state index >= 15 is 0 Å². The summed E-state index contributed by atoms with van der Waals surface area (Å²) in [7, 11) is 0. The first-order chi connectivity index (χ1) is 8.07. The monoisotopic (exact) mass is 256 g/mol. The zero-order chi connectivity index (χ0) is 14.9. The van der Waals surface area contributed by atoms with Crippen molar-refractivity contribution in [2.75, 3.05) is 0 Å². The van der Waals surface area contributed by atoms with Crippen LogP contribution in [0.25, 0.3) is 0 Å². The first-order valence-electron chi connectivity index (χ1n) is 8.07. The van der Waals surface area contributed by atoms with E-state index in [0.29, 0.717) is 0 Å². The lowest BCUT2D eigenvalue weighted by atomic mass is 9.90. The Morgan fingerprint density at radius 3 is 0.722 bits per heavy atom. The van der Waals surface area contributed by atoms with Crippen LogP contribution in [0.2, 0.25) is 0 Å². The van der Waals surface area contributed by atoms with E-state index in [9.17, 15) is 0 Å². The summed E-state index contributed by atoms with van der Waals surface area (Å²) in [6.07, 6.45) is 2.75. The van der Waals surface area contributed by atoms with Crippen LogP contribution in [0.4, 0.5) is 0 Å². The van der Waals surface area contributed by atoms with Gasteiger partial charge in [-0.3, -0.25) is 0 Å². The quantitative estimate of drug-likeness (QED) is 0.499. The molecular weight excluding hydrogens is 216 g/mol. The molecule has 0 aromatic heterocycles. The van der Waals surface area contributed by atoms with Crippen LogP contribution in [0.15, 0.2) is 0 Å². The molecule has 0 heterocycles. The predicted octanol–water partition coefficient (Wildman–Crippen LogP) is 6.65. The maximum absolute atomic E-state index is 2.34. The van der Waals surface area contributed by atoms with E-state index in [-0.39, 0.29) is 0 Å². The van der Waals surface area contributed by atoms with Crippen molar-refractivity contribution in [1.29, 1.82) is 0 Å². The van der Waals surface area contributed by atoms with Gasteiger partial charge in [0.2, 0.25) is 0 Å². The van der Waals surface area contributed by atoms with E-state index in [2.05, 4.69) is 69.2 Å². The van der Waals surface area contributed by atoms with Crippen LogP contribution in [0.1, 0.15) is 82.1 Å². The van der Waals surface area contributed by atoms with Gasteiger partial charge in [-0.1, -0.05) is 69.2 Å². The maximum Gasteiger partial charge on any atom is -0.0417 e. The third-order valence-corrected chi connectivity index (χ3v) is 3.96. The molecule has 18 heavy (non-hydrogen) atoms. The molecular formula is C18H40. The minimum Gasteiger partial charge on any atom is -0.0628 e. The Kier molecular flexibility index (Phi) is 12.3. The van der Waals surface area contributed by atoms with E-state index in [4.69, 9.17) is 0 Å². The van der Waals surface area contributed by atoms with Gasteiger partial charge in [-0.2, -0.15) is 0 Å². The van der Waals surface area contributed by atoms with Gasteiger partial charge in [0, 0.05) is 0 Å². The van der Waals surface area contributed by atoms with Gasteiger partial charge >= 0.3 is 0 Å². The minimum atomic E-state index is 0.854. The highest BCUT2D eigenvalue weighted by Gasteiger charge is 2.08. The van der Waals surface area contributed by atoms with E-state index in [1.807, 2.05) is 0 Å². The van der Waals surface area contributed by atoms with Crippen molar-refractivity contribution in [3.05, 3.63) is 0 Å². The van der Waals surface area contributed by atoms with E-state index in [0.717, 1.165) is 35.5 Å². The smallest absolute Gasteiger partial charge is 0.0417 e. The van der Waals surface area contributed by atoms with E-state index in [1.165, 1.54) is 12.8 Å². The molecule has 0 heteroatoms. The second-order valence-electron chi connectivity index (χ2n) is 7.70. The van der Waals surface area contributed by atoms with Crippen molar-refractivity contribution in [3.63, 3.8) is 0 Å². The average molecular weight is 257 g/mol. The van der Waals surface area contributed by atoms with Crippen molar-refractivity contribution in [2.45, 2.75) is 82.1 Å². The summed E-state index contributed by atoms with van der Waals surface area (Å²) in [5, 5.41) is 0. The number of hydrogen-bond donors (Lipinski definition) is 0. The van der Waals surface area contributed by atoms with Crippen LogP contribution in [0.5, 0.6) is 0 Å². The van der Waals surface area contributed by atoms with Gasteiger partial charge in [0.05, 0.1) is 0 Å². The van der Waals surface area contributed by atoms with E-state index < -0.39 is 0 Å². The van der Waals surface area contributed by atoms with Gasteiger partial charge < -0.3 is 0 Å². The van der Waals surface area contributed by atoms with Gasteiger partial charge in [0.15, 0.2) is 0 Å². The fraction of sp³-hybridized carbons (Fsp3) is 1.00. The molecule has 0 aliphatic heterocycles. The van der Waals surface area contributed by atoms with Gasteiger partial charge in [-0.25, -0.2) is 0 Å². The summed E-state index contributed by atoms with van der Waals surface area (Å²) in [4.78, 5) is 0. The molecule has 0 N–H and O–H groups in total. The van der Waals surface area contributed by atoms with E-state index in [1.54, 1.807) is 0 Å². The highest BCUT2D eigenvalue weighted by atomic mass is 14.1. The first kappa shape index (κ1) is 20.3. The Morgan fingerprint density at radius 2 is 0.667 bits per heavy atom. The topological polar surface area (TPSA) is 0 Å². The van der Waals surface area contributed by atoms with Crippen LogP contribution in [0.3, 0.4) is 0 Å². The van der Waals surface area contributed by atoms with Crippen LogP contribution < -0.4 is 0 Å². The molecule has 0 radical (unpaired) electrons. The third kappa shape index (κ3) is 14.1. The standard InChI is InChI=1S/2C9H20/c2*1-7(2)6-9(5)8(3)4/h2*7-9H,6H2,1-5H3/t2*9-/m10/s1. The van der Waals surface area contributed by atoms with Crippen LogP contribution >= 0.6 is 0 Å². The molecule has 0 aliphatic rings. The third-order valence-electron chi connectivity index (χ3n) is 3.96. The fourth-order valence-corrected chi connectivity index (χ4v) is 2.03. The Balaban J connectivity index is 0. The molecule has 0 aromatic rings. The minimum absolute atomic E-state index is 0.854. The van der Waals surface area contributed by atoms with Crippen molar-refractivity contribution < 1.29 is 0 Å². The lowest BCUT2D eigenvalue weighted by Crippen LogP contribution is -2.06. The summed E-state index contributed by atoms with van der Waals surface area (Å²) in [5.74, 6) is 5.22. The second kappa shape index (κ2) is 10.9. The number of rotatable bonds is 6. The molecule has 0 nitrogen and oxygen atoms in total. The molecule has 0 aromatic carbocycles. The molecule has 0 fully saturated rings. The second-order valence-corrected chi connectivity index (χ2v) is 7.70. The Labute approximate surface area is 118 Å². The summed E-state index contributed by atoms with van der Waals surface area (Å²) in [5.41, 5.74) is 0. The summed E-state index contributed by atoms with van der Waals surface area (Å²) in [6.45, 7) is 23.0. The first-order valence-corrected chi connectivity index (χ1v) is 8.07. The average Bonchev–Trinajstić information content (AvgIpc) is 2.16. The Morgan fingerprint density at radius 1 is 0.444 bits per heavy atom. The maximum atomic E-state index is 2.34. The summed E-state index contributed by atoms with van der Waals surface area (Å²) in [6, 6.07) is 0. The molecule has 112 valence electrons. The molecule has 0 bridgehead atoms. The van der Waals surface area contributed by atoms with Gasteiger partial charge in [-0.05, 0) is 48.3 Å². The molecule has 0 unspecified atom stereocenters. The molecule has 0 saturated heterocycles. The molecule has 0 spiro atoms. The normalized spacial score (nSPS) is 15.0. The lowest BCUT2D eigenvalue weighted by molar-refractivity contribution is 0.344. The van der Waals surface area contributed by atoms with Crippen molar-refractivity contribution in [2.24, 2.45) is 35.5 Å². The van der Waals surface area contributed by atoms with Crippen LogP contribution in [0, 0.1) is 35.5 Å². The largest absolute Gasteiger partial charge is 0.0628 e. The van der Waals surface area contributed by atoms with Crippen molar-refractivity contribution in [1.82, 2.24) is 0 Å². The summed E-state index contributed by atoms with van der Waals surface area (Å²) >= 11 is 0. The number of hydrogen-bond acceptors (Lipinski definition) is 0. The Hall–Kier alpha value is 0. The fourth-order valence-electron chi connectivity index (χ4n) is 2.03. The molecule has 0 saturated carbocycles. The predicted molar refractivity (Wildman–Crippen MR) is 86.9 cm³/mol. The van der Waals surface area contributed by atoms with Gasteiger partial charge in [0.1, 0.15) is 0 Å².